The molecule has 10 heteroatoms. The maximum absolute atomic E-state index is 13.1. The summed E-state index contributed by atoms with van der Waals surface area (Å²) in [5.74, 6) is -2.33. The van der Waals surface area contributed by atoms with E-state index in [0.717, 1.165) is 4.90 Å². The van der Waals surface area contributed by atoms with E-state index in [1.807, 2.05) is 0 Å². The smallest absolute Gasteiger partial charge is 0.387 e. The van der Waals surface area contributed by atoms with Crippen LogP contribution in [0.3, 0.4) is 0 Å². The van der Waals surface area contributed by atoms with Crippen LogP contribution in [-0.4, -0.2) is 35.8 Å². The van der Waals surface area contributed by atoms with E-state index in [0.29, 0.717) is 11.1 Å². The number of hydrogen-bond donors (Lipinski definition) is 2. The van der Waals surface area contributed by atoms with Crippen molar-refractivity contribution < 1.29 is 32.6 Å². The lowest BCUT2D eigenvalue weighted by Gasteiger charge is -2.32. The highest BCUT2D eigenvalue weighted by Crippen LogP contribution is 2.42. The fraction of sp³-hybridized carbons (Fsp3) is 0.286. The first-order valence-corrected chi connectivity index (χ1v) is 9.37. The Morgan fingerprint density at radius 2 is 1.97 bits per heavy atom. The quantitative estimate of drug-likeness (QED) is 0.628. The lowest BCUT2D eigenvalue weighted by Crippen LogP contribution is -2.40. The molecule has 0 saturated heterocycles. The molecule has 3 amide bonds. The third-order valence-electron chi connectivity index (χ3n) is 4.78. The summed E-state index contributed by atoms with van der Waals surface area (Å²) in [4.78, 5) is 38.4. The maximum atomic E-state index is 13.1. The lowest BCUT2D eigenvalue weighted by molar-refractivity contribution is -0.125. The number of nitrogens with two attached hydrogens (primary N) is 2. The third-order valence-corrected chi connectivity index (χ3v) is 4.78. The van der Waals surface area contributed by atoms with Crippen LogP contribution in [0.4, 0.5) is 8.78 Å². The minimum Gasteiger partial charge on any atom is -0.490 e. The van der Waals surface area contributed by atoms with Crippen LogP contribution < -0.4 is 20.9 Å². The van der Waals surface area contributed by atoms with E-state index in [1.54, 1.807) is 19.1 Å². The van der Waals surface area contributed by atoms with Crippen LogP contribution in [-0.2, 0) is 9.59 Å². The summed E-state index contributed by atoms with van der Waals surface area (Å²) in [7, 11) is 0. The predicted octanol–water partition coefficient (Wildman–Crippen LogP) is 2.09. The highest BCUT2D eigenvalue weighted by atomic mass is 19.3. The van der Waals surface area contributed by atoms with Crippen molar-refractivity contribution >= 4 is 17.7 Å². The van der Waals surface area contributed by atoms with E-state index in [2.05, 4.69) is 10.8 Å². The lowest BCUT2D eigenvalue weighted by atomic mass is 9.98. The van der Waals surface area contributed by atoms with Gasteiger partial charge in [0.1, 0.15) is 6.04 Å². The summed E-state index contributed by atoms with van der Waals surface area (Å²) in [6.07, 6.45) is -0.343. The van der Waals surface area contributed by atoms with Crippen molar-refractivity contribution in [2.75, 3.05) is 6.61 Å². The van der Waals surface area contributed by atoms with E-state index >= 15 is 0 Å². The molecule has 1 aliphatic heterocycles. The number of hydrogen-bond acceptors (Lipinski definition) is 5. The van der Waals surface area contributed by atoms with Crippen LogP contribution >= 0.6 is 0 Å². The summed E-state index contributed by atoms with van der Waals surface area (Å²) in [5, 5.41) is 0. The number of carbonyl (C=O) groups is 3. The first-order valence-electron chi connectivity index (χ1n) is 9.37. The van der Waals surface area contributed by atoms with Crippen molar-refractivity contribution in [3.8, 4) is 11.5 Å². The Labute approximate surface area is 176 Å². The average molecular weight is 432 g/mol. The third kappa shape index (κ3) is 4.42. The summed E-state index contributed by atoms with van der Waals surface area (Å²) in [5.41, 5.74) is 11.8. The molecule has 2 atom stereocenters. The number of alkyl halides is 2. The Bertz CT molecular complexity index is 1010. The zero-order valence-corrected chi connectivity index (χ0v) is 16.5. The number of ether oxygens (including phenoxy) is 2. The molecule has 0 aromatic heterocycles. The minimum absolute atomic E-state index is 0.0129. The van der Waals surface area contributed by atoms with Gasteiger partial charge in [0.25, 0.3) is 5.91 Å². The Balaban J connectivity index is 2.10. The SMILES string of the molecule is CCOc1cc(C(CC(N)=O)N2C(=O)c3[c]cccc3C2C(N)=O)ccc1OC(F)F. The molecular weight excluding hydrogens is 412 g/mol. The van der Waals surface area contributed by atoms with Gasteiger partial charge >= 0.3 is 6.61 Å². The van der Waals surface area contributed by atoms with Gasteiger partial charge in [-0.3, -0.25) is 14.4 Å². The first kappa shape index (κ1) is 22.0. The average Bonchev–Trinajstić information content (AvgIpc) is 3.00. The summed E-state index contributed by atoms with van der Waals surface area (Å²) in [6, 6.07) is 9.33. The van der Waals surface area contributed by atoms with Crippen molar-refractivity contribution in [2.24, 2.45) is 11.5 Å². The number of benzene rings is 2. The van der Waals surface area contributed by atoms with Crippen molar-refractivity contribution in [3.05, 3.63) is 59.2 Å². The number of primary amides is 2. The first-order chi connectivity index (χ1) is 14.7. The molecule has 8 nitrogen and oxygen atoms in total. The molecule has 1 aliphatic rings. The molecule has 1 radical (unpaired) electrons. The molecule has 31 heavy (non-hydrogen) atoms. The van der Waals surface area contributed by atoms with Gasteiger partial charge in [0.2, 0.25) is 11.8 Å². The Morgan fingerprint density at radius 1 is 1.23 bits per heavy atom. The number of fused-ring (bicyclic) bond motifs is 1. The van der Waals surface area contributed by atoms with Gasteiger partial charge in [0, 0.05) is 0 Å². The minimum atomic E-state index is -3.07. The highest BCUT2D eigenvalue weighted by Gasteiger charge is 2.44. The standard InChI is InChI=1S/C21H20F2N3O5/c1-2-30-16-9-11(7-8-15(16)31-21(22)23)14(10-17(24)27)26-18(19(25)28)12-5-3-4-6-13(12)20(26)29/h3-5,7-9,14,18,21H,2,10H2,1H3,(H2,24,27)(H2,25,28). The maximum Gasteiger partial charge on any atom is 0.387 e. The van der Waals surface area contributed by atoms with Gasteiger partial charge in [-0.05, 0) is 36.2 Å². The zero-order valence-electron chi connectivity index (χ0n) is 16.5. The van der Waals surface area contributed by atoms with Gasteiger partial charge in [-0.1, -0.05) is 24.3 Å². The van der Waals surface area contributed by atoms with E-state index in [9.17, 15) is 23.2 Å². The second-order valence-corrected chi connectivity index (χ2v) is 6.72. The van der Waals surface area contributed by atoms with Crippen LogP contribution in [0.2, 0.25) is 0 Å². The number of amides is 3. The molecule has 0 fully saturated rings. The topological polar surface area (TPSA) is 125 Å². The van der Waals surface area contributed by atoms with Crippen LogP contribution in [0, 0.1) is 6.07 Å². The van der Waals surface area contributed by atoms with E-state index in [-0.39, 0.29) is 30.1 Å². The van der Waals surface area contributed by atoms with E-state index in [1.165, 1.54) is 24.3 Å². The van der Waals surface area contributed by atoms with Crippen LogP contribution in [0.15, 0.2) is 36.4 Å². The Morgan fingerprint density at radius 3 is 2.58 bits per heavy atom. The molecule has 2 unspecified atom stereocenters. The molecule has 2 aromatic rings. The molecule has 0 aliphatic carbocycles. The number of rotatable bonds is 9. The van der Waals surface area contributed by atoms with Gasteiger partial charge < -0.3 is 25.8 Å². The van der Waals surface area contributed by atoms with Crippen molar-refractivity contribution in [3.63, 3.8) is 0 Å². The fourth-order valence-corrected chi connectivity index (χ4v) is 3.63. The molecular formula is C21H20F2N3O5. The summed E-state index contributed by atoms with van der Waals surface area (Å²) >= 11 is 0. The monoisotopic (exact) mass is 432 g/mol. The molecule has 2 aromatic carbocycles. The fourth-order valence-electron chi connectivity index (χ4n) is 3.63. The normalized spacial score (nSPS) is 16.2. The number of carbonyl (C=O) groups excluding carboxylic acids is 3. The van der Waals surface area contributed by atoms with Gasteiger partial charge in [-0.2, -0.15) is 8.78 Å². The number of halogens is 2. The van der Waals surface area contributed by atoms with Gasteiger partial charge in [-0.25, -0.2) is 0 Å². The van der Waals surface area contributed by atoms with Crippen molar-refractivity contribution in [1.82, 2.24) is 4.90 Å². The van der Waals surface area contributed by atoms with E-state index in [4.69, 9.17) is 16.2 Å². The zero-order chi connectivity index (χ0) is 22.7. The van der Waals surface area contributed by atoms with E-state index < -0.39 is 36.4 Å². The molecule has 163 valence electrons. The Hall–Kier alpha value is -3.69. The molecule has 0 saturated carbocycles. The van der Waals surface area contributed by atoms with Crippen LogP contribution in [0.1, 0.15) is 46.9 Å². The van der Waals surface area contributed by atoms with Crippen molar-refractivity contribution in [2.45, 2.75) is 32.0 Å². The van der Waals surface area contributed by atoms with Gasteiger partial charge in [-0.15, -0.1) is 0 Å². The highest BCUT2D eigenvalue weighted by molar-refractivity contribution is 6.04. The van der Waals surface area contributed by atoms with Crippen molar-refractivity contribution in [1.29, 1.82) is 0 Å². The molecule has 1 heterocycles. The van der Waals surface area contributed by atoms with Gasteiger partial charge in [0.05, 0.1) is 24.6 Å². The second kappa shape index (κ2) is 8.99. The Kier molecular flexibility index (Phi) is 6.38. The molecule has 4 N–H and O–H groups in total. The number of nitrogens with zero attached hydrogens (tertiary/aromatic N) is 1. The molecule has 3 rings (SSSR count). The second-order valence-electron chi connectivity index (χ2n) is 6.72. The van der Waals surface area contributed by atoms with Gasteiger partial charge in [0.15, 0.2) is 11.5 Å². The summed E-state index contributed by atoms with van der Waals surface area (Å²) < 4.78 is 35.3. The van der Waals surface area contributed by atoms with Crippen LogP contribution in [0.25, 0.3) is 0 Å². The summed E-state index contributed by atoms with van der Waals surface area (Å²) in [6.45, 7) is -1.27. The molecule has 0 bridgehead atoms. The molecule has 0 spiro atoms. The van der Waals surface area contributed by atoms with Crippen LogP contribution in [0.5, 0.6) is 11.5 Å². The predicted molar refractivity (Wildman–Crippen MR) is 104 cm³/mol. The largest absolute Gasteiger partial charge is 0.490 e.